The fraction of sp³-hybridized carbons (Fsp3) is 0.538. The standard InChI is InChI=1S/C13H20N2S/c1-12(2)9-14-4-6-15(7-5-14)10-13-3-8-16-11-13/h3,8,11H,1,4-7,9-10H2,2H3. The lowest BCUT2D eigenvalue weighted by atomic mass is 10.2. The first-order valence-corrected chi connectivity index (χ1v) is 6.78. The molecule has 0 aliphatic carbocycles. The Hall–Kier alpha value is -0.640. The first-order chi connectivity index (χ1) is 7.74. The minimum Gasteiger partial charge on any atom is -0.297 e. The van der Waals surface area contributed by atoms with Crippen LogP contribution in [0.15, 0.2) is 29.0 Å². The lowest BCUT2D eigenvalue weighted by Crippen LogP contribution is -2.46. The molecule has 0 spiro atoms. The summed E-state index contributed by atoms with van der Waals surface area (Å²) in [6.07, 6.45) is 0. The number of hydrogen-bond donors (Lipinski definition) is 0. The number of rotatable bonds is 4. The van der Waals surface area contributed by atoms with Crippen molar-refractivity contribution in [1.82, 2.24) is 9.80 Å². The molecule has 0 unspecified atom stereocenters. The molecule has 0 radical (unpaired) electrons. The summed E-state index contributed by atoms with van der Waals surface area (Å²) in [5, 5.41) is 4.41. The van der Waals surface area contributed by atoms with Crippen LogP contribution in [0.25, 0.3) is 0 Å². The van der Waals surface area contributed by atoms with Crippen molar-refractivity contribution in [3.63, 3.8) is 0 Å². The van der Waals surface area contributed by atoms with E-state index in [9.17, 15) is 0 Å². The van der Waals surface area contributed by atoms with Gasteiger partial charge in [-0.2, -0.15) is 11.3 Å². The molecule has 1 aliphatic heterocycles. The van der Waals surface area contributed by atoms with E-state index in [2.05, 4.69) is 40.1 Å². The van der Waals surface area contributed by atoms with Gasteiger partial charge in [-0.3, -0.25) is 9.80 Å². The number of thiophene rings is 1. The SMILES string of the molecule is C=C(C)CN1CCN(Cc2ccsc2)CC1. The summed E-state index contributed by atoms with van der Waals surface area (Å²) < 4.78 is 0. The van der Waals surface area contributed by atoms with E-state index < -0.39 is 0 Å². The van der Waals surface area contributed by atoms with Crippen molar-refractivity contribution in [2.45, 2.75) is 13.5 Å². The van der Waals surface area contributed by atoms with Crippen LogP contribution in [0.1, 0.15) is 12.5 Å². The van der Waals surface area contributed by atoms with Crippen molar-refractivity contribution < 1.29 is 0 Å². The number of nitrogens with zero attached hydrogens (tertiary/aromatic N) is 2. The van der Waals surface area contributed by atoms with Gasteiger partial charge in [0.05, 0.1) is 0 Å². The second-order valence-electron chi connectivity index (χ2n) is 4.64. The second kappa shape index (κ2) is 5.62. The van der Waals surface area contributed by atoms with Crippen LogP contribution < -0.4 is 0 Å². The average molecular weight is 236 g/mol. The Morgan fingerprint density at radius 2 is 2.00 bits per heavy atom. The molecule has 1 aromatic rings. The zero-order valence-corrected chi connectivity index (χ0v) is 10.8. The fourth-order valence-electron chi connectivity index (χ4n) is 2.13. The highest BCUT2D eigenvalue weighted by atomic mass is 32.1. The molecule has 1 aliphatic rings. The summed E-state index contributed by atoms with van der Waals surface area (Å²) >= 11 is 1.79. The Bertz CT molecular complexity index is 324. The van der Waals surface area contributed by atoms with E-state index in [1.54, 1.807) is 11.3 Å². The van der Waals surface area contributed by atoms with Crippen molar-refractivity contribution in [1.29, 1.82) is 0 Å². The van der Waals surface area contributed by atoms with Gasteiger partial charge < -0.3 is 0 Å². The van der Waals surface area contributed by atoms with Gasteiger partial charge in [-0.05, 0) is 29.3 Å². The minimum atomic E-state index is 1.06. The molecule has 0 atom stereocenters. The molecule has 3 heteroatoms. The third kappa shape index (κ3) is 3.44. The minimum absolute atomic E-state index is 1.06. The smallest absolute Gasteiger partial charge is 0.0243 e. The predicted octanol–water partition coefficient (Wildman–Crippen LogP) is 2.44. The maximum atomic E-state index is 3.98. The summed E-state index contributed by atoms with van der Waals surface area (Å²) in [6.45, 7) is 13.0. The number of hydrogen-bond acceptors (Lipinski definition) is 3. The van der Waals surface area contributed by atoms with Crippen molar-refractivity contribution in [3.05, 3.63) is 34.5 Å². The van der Waals surface area contributed by atoms with Gasteiger partial charge in [-0.15, -0.1) is 0 Å². The molecule has 2 heterocycles. The largest absolute Gasteiger partial charge is 0.297 e. The van der Waals surface area contributed by atoms with E-state index in [1.807, 2.05) is 0 Å². The maximum absolute atomic E-state index is 3.98. The Morgan fingerprint density at radius 1 is 1.31 bits per heavy atom. The van der Waals surface area contributed by atoms with Gasteiger partial charge in [-0.25, -0.2) is 0 Å². The summed E-state index contributed by atoms with van der Waals surface area (Å²) in [4.78, 5) is 5.03. The van der Waals surface area contributed by atoms with Crippen molar-refractivity contribution in [2.75, 3.05) is 32.7 Å². The Labute approximate surface area is 102 Å². The zero-order valence-electron chi connectivity index (χ0n) is 9.98. The van der Waals surface area contributed by atoms with E-state index in [0.29, 0.717) is 0 Å². The topological polar surface area (TPSA) is 6.48 Å². The lowest BCUT2D eigenvalue weighted by molar-refractivity contribution is 0.135. The van der Waals surface area contributed by atoms with Gasteiger partial charge in [-0.1, -0.05) is 12.2 Å². The summed E-state index contributed by atoms with van der Waals surface area (Å²) in [5.74, 6) is 0. The van der Waals surface area contributed by atoms with Crippen LogP contribution in [0.4, 0.5) is 0 Å². The fourth-order valence-corrected chi connectivity index (χ4v) is 2.79. The highest BCUT2D eigenvalue weighted by molar-refractivity contribution is 7.07. The third-order valence-corrected chi connectivity index (χ3v) is 3.68. The molecule has 1 saturated heterocycles. The van der Waals surface area contributed by atoms with Gasteiger partial charge in [0, 0.05) is 39.3 Å². The lowest BCUT2D eigenvalue weighted by Gasteiger charge is -2.34. The third-order valence-electron chi connectivity index (χ3n) is 2.94. The van der Waals surface area contributed by atoms with Gasteiger partial charge >= 0.3 is 0 Å². The first-order valence-electron chi connectivity index (χ1n) is 5.84. The molecule has 0 saturated carbocycles. The molecule has 88 valence electrons. The molecule has 2 nitrogen and oxygen atoms in total. The summed E-state index contributed by atoms with van der Waals surface area (Å²) in [6, 6.07) is 2.23. The number of piperazine rings is 1. The van der Waals surface area contributed by atoms with Gasteiger partial charge in [0.2, 0.25) is 0 Å². The van der Waals surface area contributed by atoms with Crippen LogP contribution in [-0.2, 0) is 6.54 Å². The predicted molar refractivity (Wildman–Crippen MR) is 70.9 cm³/mol. The molecule has 16 heavy (non-hydrogen) atoms. The monoisotopic (exact) mass is 236 g/mol. The Balaban J connectivity index is 1.75. The molecular formula is C13H20N2S. The van der Waals surface area contributed by atoms with E-state index in [1.165, 1.54) is 37.3 Å². The zero-order chi connectivity index (χ0) is 11.4. The molecule has 2 rings (SSSR count). The second-order valence-corrected chi connectivity index (χ2v) is 5.42. The molecule has 1 fully saturated rings. The van der Waals surface area contributed by atoms with Crippen LogP contribution >= 0.6 is 11.3 Å². The van der Waals surface area contributed by atoms with E-state index >= 15 is 0 Å². The van der Waals surface area contributed by atoms with Crippen molar-refractivity contribution >= 4 is 11.3 Å². The molecule has 0 aromatic carbocycles. The molecule has 0 bridgehead atoms. The Morgan fingerprint density at radius 3 is 2.56 bits per heavy atom. The highest BCUT2D eigenvalue weighted by Gasteiger charge is 2.16. The van der Waals surface area contributed by atoms with Crippen LogP contribution in [0, 0.1) is 0 Å². The van der Waals surface area contributed by atoms with Crippen LogP contribution in [0.3, 0.4) is 0 Å². The summed E-state index contributed by atoms with van der Waals surface area (Å²) in [7, 11) is 0. The Kier molecular flexibility index (Phi) is 4.16. The van der Waals surface area contributed by atoms with Gasteiger partial charge in [0.15, 0.2) is 0 Å². The highest BCUT2D eigenvalue weighted by Crippen LogP contribution is 2.11. The summed E-state index contributed by atoms with van der Waals surface area (Å²) in [5.41, 5.74) is 2.73. The maximum Gasteiger partial charge on any atom is 0.0243 e. The molecule has 1 aromatic heterocycles. The normalized spacial score (nSPS) is 18.8. The van der Waals surface area contributed by atoms with Crippen molar-refractivity contribution in [2.24, 2.45) is 0 Å². The molecule has 0 amide bonds. The van der Waals surface area contributed by atoms with E-state index in [0.717, 1.165) is 13.1 Å². The molecule has 0 N–H and O–H groups in total. The quantitative estimate of drug-likeness (QED) is 0.741. The van der Waals surface area contributed by atoms with Gasteiger partial charge in [0.1, 0.15) is 0 Å². The van der Waals surface area contributed by atoms with Crippen molar-refractivity contribution in [3.8, 4) is 0 Å². The molecular weight excluding hydrogens is 216 g/mol. The van der Waals surface area contributed by atoms with Gasteiger partial charge in [0.25, 0.3) is 0 Å². The van der Waals surface area contributed by atoms with Crippen LogP contribution in [0.2, 0.25) is 0 Å². The van der Waals surface area contributed by atoms with Crippen LogP contribution in [0.5, 0.6) is 0 Å². The van der Waals surface area contributed by atoms with E-state index in [4.69, 9.17) is 0 Å². The average Bonchev–Trinajstić information content (AvgIpc) is 2.73. The van der Waals surface area contributed by atoms with E-state index in [-0.39, 0.29) is 0 Å². The first kappa shape index (κ1) is 11.8. The van der Waals surface area contributed by atoms with Crippen LogP contribution in [-0.4, -0.2) is 42.5 Å².